The third-order valence-electron chi connectivity index (χ3n) is 3.49. The number of ether oxygens (including phenoxy) is 1. The van der Waals surface area contributed by atoms with Gasteiger partial charge in [0.2, 0.25) is 0 Å². The van der Waals surface area contributed by atoms with Gasteiger partial charge in [0.1, 0.15) is 0 Å². The Morgan fingerprint density at radius 3 is 2.61 bits per heavy atom. The average molecular weight is 267 g/mol. The maximum Gasteiger partial charge on any atom is 0.358 e. The zero-order chi connectivity index (χ0) is 13.0. The van der Waals surface area contributed by atoms with Crippen LogP contribution in [0.25, 0.3) is 0 Å². The third-order valence-corrected chi connectivity index (χ3v) is 4.62. The fourth-order valence-corrected chi connectivity index (χ4v) is 3.59. The minimum absolute atomic E-state index is 0.272. The van der Waals surface area contributed by atoms with Crippen LogP contribution in [0.15, 0.2) is 0 Å². The first-order chi connectivity index (χ1) is 8.72. The SMILES string of the molecule is CCOC(=O)c1nc(C2CCCCCC2)sc1C. The van der Waals surface area contributed by atoms with Crippen molar-refractivity contribution in [2.45, 2.75) is 58.3 Å². The van der Waals surface area contributed by atoms with E-state index in [1.54, 1.807) is 11.3 Å². The molecule has 1 aliphatic rings. The second kappa shape index (κ2) is 6.32. The molecule has 1 heterocycles. The summed E-state index contributed by atoms with van der Waals surface area (Å²) in [6.07, 6.45) is 7.69. The van der Waals surface area contributed by atoms with Crippen molar-refractivity contribution in [2.75, 3.05) is 6.61 Å². The van der Waals surface area contributed by atoms with E-state index >= 15 is 0 Å². The molecule has 0 saturated heterocycles. The van der Waals surface area contributed by atoms with Gasteiger partial charge in [0.25, 0.3) is 0 Å². The van der Waals surface area contributed by atoms with Crippen molar-refractivity contribution in [3.05, 3.63) is 15.6 Å². The van der Waals surface area contributed by atoms with E-state index in [9.17, 15) is 4.79 Å². The molecule has 0 aromatic carbocycles. The smallest absolute Gasteiger partial charge is 0.358 e. The number of rotatable bonds is 3. The van der Waals surface area contributed by atoms with Crippen molar-refractivity contribution >= 4 is 17.3 Å². The second-order valence-electron chi connectivity index (χ2n) is 4.87. The van der Waals surface area contributed by atoms with Crippen LogP contribution < -0.4 is 0 Å². The van der Waals surface area contributed by atoms with Gasteiger partial charge in [0.15, 0.2) is 5.69 Å². The van der Waals surface area contributed by atoms with Gasteiger partial charge in [-0.2, -0.15) is 0 Å². The average Bonchev–Trinajstić information content (AvgIpc) is 2.58. The highest BCUT2D eigenvalue weighted by Crippen LogP contribution is 2.34. The van der Waals surface area contributed by atoms with Crippen LogP contribution >= 0.6 is 11.3 Å². The summed E-state index contributed by atoms with van der Waals surface area (Å²) in [6, 6.07) is 0. The molecule has 0 unspecified atom stereocenters. The molecule has 3 nitrogen and oxygen atoms in total. The number of nitrogens with zero attached hydrogens (tertiary/aromatic N) is 1. The predicted octanol–water partition coefficient (Wildman–Crippen LogP) is 4.07. The van der Waals surface area contributed by atoms with E-state index in [1.165, 1.54) is 38.5 Å². The van der Waals surface area contributed by atoms with Crippen LogP contribution in [-0.4, -0.2) is 17.6 Å². The van der Waals surface area contributed by atoms with Crippen LogP contribution in [0, 0.1) is 6.92 Å². The Morgan fingerprint density at radius 2 is 2.00 bits per heavy atom. The first kappa shape index (κ1) is 13.5. The Labute approximate surface area is 113 Å². The molecule has 1 aliphatic carbocycles. The standard InChI is InChI=1S/C14H21NO2S/c1-3-17-14(16)12-10(2)18-13(15-12)11-8-6-4-5-7-9-11/h11H,3-9H2,1-2H3. The molecular formula is C14H21NO2S. The lowest BCUT2D eigenvalue weighted by Crippen LogP contribution is -2.07. The Hall–Kier alpha value is -0.900. The van der Waals surface area contributed by atoms with Crippen molar-refractivity contribution in [3.63, 3.8) is 0 Å². The van der Waals surface area contributed by atoms with E-state index < -0.39 is 0 Å². The molecule has 4 heteroatoms. The Kier molecular flexibility index (Phi) is 4.75. The summed E-state index contributed by atoms with van der Waals surface area (Å²) in [5.41, 5.74) is 0.529. The van der Waals surface area contributed by atoms with Gasteiger partial charge < -0.3 is 4.74 Å². The molecule has 1 aromatic rings. The van der Waals surface area contributed by atoms with Crippen LogP contribution in [0.5, 0.6) is 0 Å². The predicted molar refractivity (Wildman–Crippen MR) is 73.3 cm³/mol. The number of thiazole rings is 1. The molecule has 0 N–H and O–H groups in total. The van der Waals surface area contributed by atoms with Gasteiger partial charge in [-0.05, 0) is 26.7 Å². The molecule has 18 heavy (non-hydrogen) atoms. The van der Waals surface area contributed by atoms with Crippen LogP contribution in [-0.2, 0) is 4.74 Å². The first-order valence-corrected chi connectivity index (χ1v) is 7.68. The fraction of sp³-hybridized carbons (Fsp3) is 0.714. The largest absolute Gasteiger partial charge is 0.461 e. The Bertz CT molecular complexity index is 406. The number of carbonyl (C=O) groups is 1. The fourth-order valence-electron chi connectivity index (χ4n) is 2.51. The van der Waals surface area contributed by atoms with E-state index in [4.69, 9.17) is 4.74 Å². The van der Waals surface area contributed by atoms with Crippen molar-refractivity contribution in [2.24, 2.45) is 0 Å². The zero-order valence-electron chi connectivity index (χ0n) is 11.2. The van der Waals surface area contributed by atoms with Gasteiger partial charge in [-0.3, -0.25) is 0 Å². The maximum atomic E-state index is 11.8. The molecule has 0 aliphatic heterocycles. The lowest BCUT2D eigenvalue weighted by atomic mass is 10.0. The summed E-state index contributed by atoms with van der Waals surface area (Å²) < 4.78 is 5.04. The zero-order valence-corrected chi connectivity index (χ0v) is 12.0. The Balaban J connectivity index is 2.14. The third kappa shape index (κ3) is 3.10. The summed E-state index contributed by atoms with van der Waals surface area (Å²) in [5.74, 6) is 0.283. The summed E-state index contributed by atoms with van der Waals surface area (Å²) >= 11 is 1.67. The minimum Gasteiger partial charge on any atom is -0.461 e. The molecule has 0 bridgehead atoms. The van der Waals surface area contributed by atoms with Gasteiger partial charge in [-0.1, -0.05) is 25.7 Å². The highest BCUT2D eigenvalue weighted by atomic mass is 32.1. The van der Waals surface area contributed by atoms with E-state index in [0.717, 1.165) is 9.88 Å². The quantitative estimate of drug-likeness (QED) is 0.612. The number of esters is 1. The van der Waals surface area contributed by atoms with Crippen molar-refractivity contribution < 1.29 is 9.53 Å². The number of hydrogen-bond acceptors (Lipinski definition) is 4. The number of aryl methyl sites for hydroxylation is 1. The molecule has 1 aromatic heterocycles. The summed E-state index contributed by atoms with van der Waals surface area (Å²) in [5, 5.41) is 1.14. The van der Waals surface area contributed by atoms with E-state index in [-0.39, 0.29) is 5.97 Å². The molecule has 0 spiro atoms. The molecule has 0 atom stereocenters. The monoisotopic (exact) mass is 267 g/mol. The second-order valence-corrected chi connectivity index (χ2v) is 6.10. The molecule has 1 saturated carbocycles. The lowest BCUT2D eigenvalue weighted by molar-refractivity contribution is 0.0519. The van der Waals surface area contributed by atoms with Crippen molar-refractivity contribution in [3.8, 4) is 0 Å². The first-order valence-electron chi connectivity index (χ1n) is 6.86. The van der Waals surface area contributed by atoms with Crippen LogP contribution in [0.1, 0.15) is 71.7 Å². The van der Waals surface area contributed by atoms with Gasteiger partial charge in [-0.15, -0.1) is 11.3 Å². The summed E-state index contributed by atoms with van der Waals surface area (Å²) in [6.45, 7) is 4.20. The van der Waals surface area contributed by atoms with Crippen LogP contribution in [0.4, 0.5) is 0 Å². The normalized spacial score (nSPS) is 17.4. The van der Waals surface area contributed by atoms with Gasteiger partial charge >= 0.3 is 5.97 Å². The molecule has 100 valence electrons. The number of carbonyl (C=O) groups excluding carboxylic acids is 1. The Morgan fingerprint density at radius 1 is 1.33 bits per heavy atom. The highest BCUT2D eigenvalue weighted by Gasteiger charge is 2.22. The van der Waals surface area contributed by atoms with E-state index in [0.29, 0.717) is 18.2 Å². The van der Waals surface area contributed by atoms with Gasteiger partial charge in [-0.25, -0.2) is 9.78 Å². The van der Waals surface area contributed by atoms with Crippen LogP contribution in [0.3, 0.4) is 0 Å². The summed E-state index contributed by atoms with van der Waals surface area (Å²) in [7, 11) is 0. The molecule has 2 rings (SSSR count). The topological polar surface area (TPSA) is 39.2 Å². The van der Waals surface area contributed by atoms with Gasteiger partial charge in [0, 0.05) is 10.8 Å². The lowest BCUT2D eigenvalue weighted by Gasteiger charge is -2.09. The minimum atomic E-state index is -0.272. The van der Waals surface area contributed by atoms with E-state index in [2.05, 4.69) is 4.98 Å². The van der Waals surface area contributed by atoms with E-state index in [1.807, 2.05) is 13.8 Å². The number of hydrogen-bond donors (Lipinski definition) is 0. The number of aromatic nitrogens is 1. The van der Waals surface area contributed by atoms with Gasteiger partial charge in [0.05, 0.1) is 11.6 Å². The van der Waals surface area contributed by atoms with Crippen LogP contribution in [0.2, 0.25) is 0 Å². The molecular weight excluding hydrogens is 246 g/mol. The molecule has 1 fully saturated rings. The molecule has 0 radical (unpaired) electrons. The van der Waals surface area contributed by atoms with Crippen molar-refractivity contribution in [1.29, 1.82) is 0 Å². The highest BCUT2D eigenvalue weighted by molar-refractivity contribution is 7.12. The van der Waals surface area contributed by atoms with Crippen molar-refractivity contribution in [1.82, 2.24) is 4.98 Å². The molecule has 0 amide bonds. The summed E-state index contributed by atoms with van der Waals surface area (Å²) in [4.78, 5) is 17.3. The maximum absolute atomic E-state index is 11.8.